The molecule has 0 saturated carbocycles. The van der Waals surface area contributed by atoms with Crippen molar-refractivity contribution in [2.45, 2.75) is 25.2 Å². The molecule has 4 nitrogen and oxygen atoms in total. The van der Waals surface area contributed by atoms with Gasteiger partial charge >= 0.3 is 0 Å². The zero-order valence-electron chi connectivity index (χ0n) is 11.8. The van der Waals surface area contributed by atoms with E-state index in [4.69, 9.17) is 10.7 Å². The Hall–Kier alpha value is -1.14. The highest BCUT2D eigenvalue weighted by atomic mass is 35.7. The number of hydrogen-bond donors (Lipinski definition) is 0. The van der Waals surface area contributed by atoms with Crippen molar-refractivity contribution in [2.75, 3.05) is 13.1 Å². The van der Waals surface area contributed by atoms with E-state index in [-0.39, 0.29) is 10.5 Å². The lowest BCUT2D eigenvalue weighted by Gasteiger charge is -2.35. The maximum absolute atomic E-state index is 13.9. The maximum Gasteiger partial charge on any atom is 0.261 e. The molecule has 0 aromatic heterocycles. The van der Waals surface area contributed by atoms with Crippen molar-refractivity contribution in [3.8, 4) is 0 Å². The van der Waals surface area contributed by atoms with E-state index in [1.165, 1.54) is 0 Å². The Kier molecular flexibility index (Phi) is 4.58. The SMILES string of the molecule is CC1CCN(C(=O)c2cc(S(=O)(=O)Cl)ccc2F)CC1C. The molecule has 0 N–H and O–H groups in total. The fourth-order valence-electron chi connectivity index (χ4n) is 2.44. The first kappa shape index (κ1) is 16.2. The molecule has 2 atom stereocenters. The second kappa shape index (κ2) is 5.93. The first-order valence-electron chi connectivity index (χ1n) is 6.73. The lowest BCUT2D eigenvalue weighted by molar-refractivity contribution is 0.0622. The first-order chi connectivity index (χ1) is 9.70. The van der Waals surface area contributed by atoms with Gasteiger partial charge < -0.3 is 4.90 Å². The quantitative estimate of drug-likeness (QED) is 0.782. The van der Waals surface area contributed by atoms with E-state index in [2.05, 4.69) is 6.92 Å². The summed E-state index contributed by atoms with van der Waals surface area (Å²) in [7, 11) is 1.25. The Bertz CT molecular complexity index is 662. The second-order valence-electron chi connectivity index (χ2n) is 5.57. The second-order valence-corrected chi connectivity index (χ2v) is 8.14. The van der Waals surface area contributed by atoms with Crippen LogP contribution in [0.2, 0.25) is 0 Å². The maximum atomic E-state index is 13.9. The first-order valence-corrected chi connectivity index (χ1v) is 9.04. The number of benzene rings is 1. The van der Waals surface area contributed by atoms with E-state index in [9.17, 15) is 17.6 Å². The molecule has 1 amide bonds. The Morgan fingerprint density at radius 1 is 1.33 bits per heavy atom. The van der Waals surface area contributed by atoms with Crippen molar-refractivity contribution in [3.63, 3.8) is 0 Å². The molecule has 0 spiro atoms. The van der Waals surface area contributed by atoms with Crippen LogP contribution in [0.5, 0.6) is 0 Å². The van der Waals surface area contributed by atoms with Crippen LogP contribution in [0, 0.1) is 17.7 Å². The third-order valence-electron chi connectivity index (χ3n) is 4.07. The van der Waals surface area contributed by atoms with E-state index < -0.39 is 20.8 Å². The molecular weight excluding hydrogens is 317 g/mol. The van der Waals surface area contributed by atoms with Crippen LogP contribution in [0.25, 0.3) is 0 Å². The van der Waals surface area contributed by atoms with Crippen LogP contribution in [0.4, 0.5) is 4.39 Å². The topological polar surface area (TPSA) is 54.5 Å². The van der Waals surface area contributed by atoms with Gasteiger partial charge in [0.2, 0.25) is 0 Å². The van der Waals surface area contributed by atoms with Crippen molar-refractivity contribution in [1.82, 2.24) is 4.90 Å². The summed E-state index contributed by atoms with van der Waals surface area (Å²) in [5.74, 6) is -0.400. The molecule has 0 aliphatic carbocycles. The normalized spacial score (nSPS) is 23.1. The van der Waals surface area contributed by atoms with Crippen molar-refractivity contribution in [3.05, 3.63) is 29.6 Å². The van der Waals surface area contributed by atoms with Crippen LogP contribution in [0.15, 0.2) is 23.1 Å². The van der Waals surface area contributed by atoms with Crippen molar-refractivity contribution in [2.24, 2.45) is 11.8 Å². The molecule has 1 heterocycles. The zero-order chi connectivity index (χ0) is 15.8. The highest BCUT2D eigenvalue weighted by Crippen LogP contribution is 2.25. The molecule has 116 valence electrons. The number of likely N-dealkylation sites (tertiary alicyclic amines) is 1. The number of carbonyl (C=O) groups is 1. The standard InChI is InChI=1S/C14H17ClFNO3S/c1-9-5-6-17(8-10(9)2)14(18)12-7-11(21(15,19)20)3-4-13(12)16/h3-4,7,9-10H,5-6,8H2,1-2H3. The average Bonchev–Trinajstić information content (AvgIpc) is 2.40. The predicted octanol–water partition coefficient (Wildman–Crippen LogP) is 2.87. The molecule has 2 unspecified atom stereocenters. The Morgan fingerprint density at radius 2 is 2.00 bits per heavy atom. The summed E-state index contributed by atoms with van der Waals surface area (Å²) >= 11 is 0. The molecule has 1 aromatic carbocycles. The third-order valence-corrected chi connectivity index (χ3v) is 5.42. The van der Waals surface area contributed by atoms with Crippen LogP contribution in [0.1, 0.15) is 30.6 Å². The molecule has 0 radical (unpaired) electrons. The number of rotatable bonds is 2. The molecule has 0 bridgehead atoms. The average molecular weight is 334 g/mol. The fourth-order valence-corrected chi connectivity index (χ4v) is 3.21. The number of carbonyl (C=O) groups excluding carboxylic acids is 1. The van der Waals surface area contributed by atoms with Crippen LogP contribution < -0.4 is 0 Å². The Morgan fingerprint density at radius 3 is 2.57 bits per heavy atom. The van der Waals surface area contributed by atoms with E-state index in [1.54, 1.807) is 4.90 Å². The Balaban J connectivity index is 2.31. The van der Waals surface area contributed by atoms with Gasteiger partial charge in [-0.05, 0) is 36.5 Å². The summed E-state index contributed by atoms with van der Waals surface area (Å²) in [5.41, 5.74) is -0.251. The van der Waals surface area contributed by atoms with Gasteiger partial charge in [-0.25, -0.2) is 12.8 Å². The molecular formula is C14H17ClFNO3S. The van der Waals surface area contributed by atoms with E-state index in [0.29, 0.717) is 24.9 Å². The van der Waals surface area contributed by atoms with E-state index in [1.807, 2.05) is 6.92 Å². The minimum absolute atomic E-state index is 0.251. The summed E-state index contributed by atoms with van der Waals surface area (Å²) in [5, 5.41) is 0. The highest BCUT2D eigenvalue weighted by Gasteiger charge is 2.28. The fraction of sp³-hybridized carbons (Fsp3) is 0.500. The van der Waals surface area contributed by atoms with Gasteiger partial charge in [0.1, 0.15) is 5.82 Å². The minimum atomic E-state index is -3.99. The molecule has 2 rings (SSSR count). The number of piperidine rings is 1. The molecule has 1 saturated heterocycles. The lowest BCUT2D eigenvalue weighted by Crippen LogP contribution is -2.42. The van der Waals surface area contributed by atoms with Crippen molar-refractivity contribution >= 4 is 25.6 Å². The van der Waals surface area contributed by atoms with Crippen LogP contribution in [0.3, 0.4) is 0 Å². The number of halogens is 2. The predicted molar refractivity (Wildman–Crippen MR) is 78.3 cm³/mol. The molecule has 7 heteroatoms. The smallest absolute Gasteiger partial charge is 0.261 e. The lowest BCUT2D eigenvalue weighted by atomic mass is 9.88. The Labute approximate surface area is 128 Å². The highest BCUT2D eigenvalue weighted by molar-refractivity contribution is 8.13. The number of hydrogen-bond acceptors (Lipinski definition) is 3. The molecule has 1 fully saturated rings. The van der Waals surface area contributed by atoms with Gasteiger partial charge in [0.05, 0.1) is 10.5 Å². The van der Waals surface area contributed by atoms with Gasteiger partial charge in [-0.1, -0.05) is 13.8 Å². The van der Waals surface area contributed by atoms with Crippen molar-refractivity contribution in [1.29, 1.82) is 0 Å². The van der Waals surface area contributed by atoms with E-state index in [0.717, 1.165) is 24.6 Å². The molecule has 21 heavy (non-hydrogen) atoms. The van der Waals surface area contributed by atoms with Crippen molar-refractivity contribution < 1.29 is 17.6 Å². The van der Waals surface area contributed by atoms with Gasteiger partial charge in [0, 0.05) is 23.8 Å². The minimum Gasteiger partial charge on any atom is -0.338 e. The monoisotopic (exact) mass is 333 g/mol. The number of amides is 1. The zero-order valence-corrected chi connectivity index (χ0v) is 13.4. The van der Waals surface area contributed by atoms with Gasteiger partial charge in [-0.3, -0.25) is 4.79 Å². The summed E-state index contributed by atoms with van der Waals surface area (Å²) in [6.45, 7) is 5.24. The summed E-state index contributed by atoms with van der Waals surface area (Å²) in [6, 6.07) is 3.01. The number of nitrogens with zero attached hydrogens (tertiary/aromatic N) is 1. The van der Waals surface area contributed by atoms with Gasteiger partial charge in [0.25, 0.3) is 15.0 Å². The van der Waals surface area contributed by atoms with Crippen LogP contribution in [-0.2, 0) is 9.05 Å². The largest absolute Gasteiger partial charge is 0.338 e. The van der Waals surface area contributed by atoms with Gasteiger partial charge in [0.15, 0.2) is 0 Å². The summed E-state index contributed by atoms with van der Waals surface area (Å²) in [6.07, 6.45) is 0.849. The van der Waals surface area contributed by atoms with Crippen LogP contribution in [-0.4, -0.2) is 32.3 Å². The molecule has 1 aromatic rings. The van der Waals surface area contributed by atoms with Gasteiger partial charge in [-0.15, -0.1) is 0 Å². The summed E-state index contributed by atoms with van der Waals surface area (Å²) < 4.78 is 36.5. The summed E-state index contributed by atoms with van der Waals surface area (Å²) in [4.78, 5) is 13.7. The molecule has 1 aliphatic rings. The van der Waals surface area contributed by atoms with Crippen LogP contribution >= 0.6 is 10.7 Å². The third kappa shape index (κ3) is 3.55. The molecule has 1 aliphatic heterocycles. The van der Waals surface area contributed by atoms with Gasteiger partial charge in [-0.2, -0.15) is 0 Å². The van der Waals surface area contributed by atoms with E-state index >= 15 is 0 Å².